The summed E-state index contributed by atoms with van der Waals surface area (Å²) in [6.07, 6.45) is 0. The molecule has 8 nitrogen and oxygen atoms in total. The molecule has 2 heterocycles. The fraction of sp³-hybridized carbons (Fsp3) is 0.227. The van der Waals surface area contributed by atoms with Crippen LogP contribution in [0, 0.1) is 6.92 Å². The number of fused-ring (bicyclic) bond motifs is 1. The van der Waals surface area contributed by atoms with Gasteiger partial charge in [0.2, 0.25) is 16.6 Å². The van der Waals surface area contributed by atoms with Crippen molar-refractivity contribution in [2.75, 3.05) is 7.05 Å². The predicted octanol–water partition coefficient (Wildman–Crippen LogP) is 2.95. The van der Waals surface area contributed by atoms with E-state index >= 15 is 0 Å². The number of thioether (sulfide) groups is 1. The Morgan fingerprint density at radius 1 is 1.19 bits per heavy atom. The van der Waals surface area contributed by atoms with Gasteiger partial charge in [-0.3, -0.25) is 9.59 Å². The van der Waals surface area contributed by atoms with E-state index in [1.807, 2.05) is 62.4 Å². The Hall–Kier alpha value is -3.46. The standard InChI is InChI=1S/C22H22N6O2S/c1-14-8-10-17(11-9-14)28-22(24-25-26-28)31-15(2)21(30)27(3)13-16-12-20(29)23-19-7-5-4-6-18(16)19/h4-12,15H,13H2,1-3H3,(H,23,29). The number of aromatic amines is 1. The fourth-order valence-electron chi connectivity index (χ4n) is 3.36. The monoisotopic (exact) mass is 434 g/mol. The van der Waals surface area contributed by atoms with Crippen LogP contribution in [0.2, 0.25) is 0 Å². The van der Waals surface area contributed by atoms with Crippen molar-refractivity contribution >= 4 is 28.6 Å². The van der Waals surface area contributed by atoms with Gasteiger partial charge in [-0.2, -0.15) is 4.68 Å². The topological polar surface area (TPSA) is 96.8 Å². The van der Waals surface area contributed by atoms with E-state index < -0.39 is 5.25 Å². The number of nitrogens with one attached hydrogen (secondary N) is 1. The van der Waals surface area contributed by atoms with E-state index in [0.717, 1.165) is 27.7 Å². The van der Waals surface area contributed by atoms with Crippen LogP contribution in [0.4, 0.5) is 0 Å². The molecular weight excluding hydrogens is 412 g/mol. The zero-order valence-electron chi connectivity index (χ0n) is 17.4. The van der Waals surface area contributed by atoms with E-state index in [9.17, 15) is 9.59 Å². The summed E-state index contributed by atoms with van der Waals surface area (Å²) in [7, 11) is 1.73. The van der Waals surface area contributed by atoms with Crippen LogP contribution in [-0.2, 0) is 11.3 Å². The van der Waals surface area contributed by atoms with Crippen LogP contribution >= 0.6 is 11.8 Å². The molecule has 2 aromatic heterocycles. The van der Waals surface area contributed by atoms with Gasteiger partial charge in [-0.15, -0.1) is 5.10 Å². The number of para-hydroxylation sites is 1. The van der Waals surface area contributed by atoms with Crippen LogP contribution in [0.3, 0.4) is 0 Å². The first-order valence-corrected chi connectivity index (χ1v) is 10.7. The SMILES string of the molecule is Cc1ccc(-n2nnnc2SC(C)C(=O)N(C)Cc2cc(=O)[nH]c3ccccc23)cc1. The molecule has 0 radical (unpaired) electrons. The molecule has 1 unspecified atom stereocenters. The molecule has 158 valence electrons. The maximum atomic E-state index is 13.0. The highest BCUT2D eigenvalue weighted by Crippen LogP contribution is 2.25. The third kappa shape index (κ3) is 4.51. The van der Waals surface area contributed by atoms with E-state index in [-0.39, 0.29) is 11.5 Å². The number of aryl methyl sites for hydroxylation is 1. The zero-order valence-corrected chi connectivity index (χ0v) is 18.3. The van der Waals surface area contributed by atoms with E-state index in [4.69, 9.17) is 0 Å². The molecule has 1 N–H and O–H groups in total. The highest BCUT2D eigenvalue weighted by atomic mass is 32.2. The van der Waals surface area contributed by atoms with Gasteiger partial charge in [0.25, 0.3) is 0 Å². The lowest BCUT2D eigenvalue weighted by Gasteiger charge is -2.21. The number of amides is 1. The minimum atomic E-state index is -0.409. The van der Waals surface area contributed by atoms with Crippen molar-refractivity contribution in [1.82, 2.24) is 30.1 Å². The fourth-order valence-corrected chi connectivity index (χ4v) is 4.28. The highest BCUT2D eigenvalue weighted by Gasteiger charge is 2.23. The molecule has 4 rings (SSSR count). The van der Waals surface area contributed by atoms with Crippen LogP contribution < -0.4 is 5.56 Å². The molecule has 0 aliphatic rings. The molecule has 1 amide bonds. The first-order valence-electron chi connectivity index (χ1n) is 9.80. The van der Waals surface area contributed by atoms with E-state index in [1.54, 1.807) is 22.7 Å². The third-order valence-corrected chi connectivity index (χ3v) is 5.99. The number of tetrazole rings is 1. The van der Waals surface area contributed by atoms with Crippen LogP contribution in [0.1, 0.15) is 18.1 Å². The Labute approximate surface area is 183 Å². The molecular formula is C22H22N6O2S. The van der Waals surface area contributed by atoms with Crippen LogP contribution in [-0.4, -0.2) is 48.3 Å². The first kappa shape index (κ1) is 20.8. The summed E-state index contributed by atoms with van der Waals surface area (Å²) in [6, 6.07) is 17.0. The lowest BCUT2D eigenvalue weighted by molar-refractivity contribution is -0.129. The van der Waals surface area contributed by atoms with E-state index in [1.165, 1.54) is 11.8 Å². The van der Waals surface area contributed by atoms with Crippen LogP contribution in [0.5, 0.6) is 0 Å². The Morgan fingerprint density at radius 3 is 2.71 bits per heavy atom. The van der Waals surface area contributed by atoms with Gasteiger partial charge in [0.15, 0.2) is 0 Å². The predicted molar refractivity (Wildman–Crippen MR) is 120 cm³/mol. The second kappa shape index (κ2) is 8.73. The maximum Gasteiger partial charge on any atom is 0.248 e. The summed E-state index contributed by atoms with van der Waals surface area (Å²) in [5.74, 6) is -0.0761. The van der Waals surface area contributed by atoms with Crippen LogP contribution in [0.25, 0.3) is 16.6 Å². The number of H-pyrrole nitrogens is 1. The Kier molecular flexibility index (Phi) is 5.85. The van der Waals surface area contributed by atoms with Crippen molar-refractivity contribution in [2.45, 2.75) is 30.8 Å². The van der Waals surface area contributed by atoms with Gasteiger partial charge in [-0.25, -0.2) is 0 Å². The summed E-state index contributed by atoms with van der Waals surface area (Å²) in [5, 5.41) is 13.0. The Balaban J connectivity index is 1.50. The summed E-state index contributed by atoms with van der Waals surface area (Å²) in [6.45, 7) is 4.17. The van der Waals surface area contributed by atoms with Gasteiger partial charge in [0.05, 0.1) is 10.9 Å². The third-order valence-electron chi connectivity index (χ3n) is 4.97. The van der Waals surface area contributed by atoms with E-state index in [0.29, 0.717) is 11.7 Å². The molecule has 4 aromatic rings. The summed E-state index contributed by atoms with van der Waals surface area (Å²) >= 11 is 1.30. The number of hydrogen-bond donors (Lipinski definition) is 1. The van der Waals surface area contributed by atoms with Crippen LogP contribution in [0.15, 0.2) is 64.5 Å². The highest BCUT2D eigenvalue weighted by molar-refractivity contribution is 8.00. The molecule has 0 bridgehead atoms. The molecule has 2 aromatic carbocycles. The van der Waals surface area contributed by atoms with Crippen molar-refractivity contribution < 1.29 is 4.79 Å². The van der Waals surface area contributed by atoms with Gasteiger partial charge < -0.3 is 9.88 Å². The molecule has 31 heavy (non-hydrogen) atoms. The normalized spacial score (nSPS) is 12.1. The second-order valence-corrected chi connectivity index (χ2v) is 8.68. The number of benzene rings is 2. The van der Waals surface area contributed by atoms with Crippen molar-refractivity contribution in [3.8, 4) is 5.69 Å². The molecule has 0 aliphatic heterocycles. The smallest absolute Gasteiger partial charge is 0.248 e. The molecule has 0 aliphatic carbocycles. The molecule has 0 saturated carbocycles. The number of hydrogen-bond acceptors (Lipinski definition) is 6. The molecule has 9 heteroatoms. The maximum absolute atomic E-state index is 13.0. The molecule has 0 fully saturated rings. The van der Waals surface area contributed by atoms with Gasteiger partial charge in [0.1, 0.15) is 0 Å². The summed E-state index contributed by atoms with van der Waals surface area (Å²) in [4.78, 5) is 29.5. The lowest BCUT2D eigenvalue weighted by Crippen LogP contribution is -2.33. The number of pyridine rings is 1. The zero-order chi connectivity index (χ0) is 22.0. The average Bonchev–Trinajstić information content (AvgIpc) is 3.21. The number of carbonyl (C=O) groups is 1. The second-order valence-electron chi connectivity index (χ2n) is 7.37. The average molecular weight is 435 g/mol. The summed E-state index contributed by atoms with van der Waals surface area (Å²) in [5.41, 5.74) is 3.35. The number of rotatable bonds is 6. The Bertz CT molecular complexity index is 1280. The van der Waals surface area contributed by atoms with Gasteiger partial charge >= 0.3 is 0 Å². The van der Waals surface area contributed by atoms with Gasteiger partial charge in [-0.05, 0) is 48.0 Å². The number of carbonyl (C=O) groups excluding carboxylic acids is 1. The summed E-state index contributed by atoms with van der Waals surface area (Å²) < 4.78 is 1.62. The minimum Gasteiger partial charge on any atom is -0.340 e. The van der Waals surface area contributed by atoms with Crippen molar-refractivity contribution in [1.29, 1.82) is 0 Å². The van der Waals surface area contributed by atoms with Gasteiger partial charge in [-0.1, -0.05) is 47.7 Å². The number of nitrogens with zero attached hydrogens (tertiary/aromatic N) is 5. The van der Waals surface area contributed by atoms with Gasteiger partial charge in [0, 0.05) is 30.6 Å². The molecule has 1 atom stereocenters. The quantitative estimate of drug-likeness (QED) is 0.469. The number of aromatic nitrogens is 5. The Morgan fingerprint density at radius 2 is 1.94 bits per heavy atom. The van der Waals surface area contributed by atoms with Crippen molar-refractivity contribution in [2.24, 2.45) is 0 Å². The minimum absolute atomic E-state index is 0.0761. The molecule has 0 spiro atoms. The lowest BCUT2D eigenvalue weighted by atomic mass is 10.1. The van der Waals surface area contributed by atoms with E-state index in [2.05, 4.69) is 20.5 Å². The largest absolute Gasteiger partial charge is 0.340 e. The molecule has 0 saturated heterocycles. The van der Waals surface area contributed by atoms with Crippen molar-refractivity contribution in [3.05, 3.63) is 76.1 Å². The van der Waals surface area contributed by atoms with Crippen molar-refractivity contribution in [3.63, 3.8) is 0 Å². The first-order chi connectivity index (χ1) is 14.9.